The van der Waals surface area contributed by atoms with Crippen molar-refractivity contribution in [2.75, 3.05) is 11.1 Å². The number of nitrogens with one attached hydrogen (secondary N) is 1. The summed E-state index contributed by atoms with van der Waals surface area (Å²) in [6.07, 6.45) is 0. The van der Waals surface area contributed by atoms with E-state index in [1.165, 1.54) is 6.07 Å². The molecule has 84 valence electrons. The summed E-state index contributed by atoms with van der Waals surface area (Å²) >= 11 is 0. The van der Waals surface area contributed by atoms with Gasteiger partial charge in [0, 0.05) is 0 Å². The molecule has 0 radical (unpaired) electrons. The third-order valence-corrected chi connectivity index (χ3v) is 2.37. The highest BCUT2D eigenvalue weighted by Crippen LogP contribution is 2.26. The third-order valence-electron chi connectivity index (χ3n) is 2.37. The number of anilines is 3. The monoisotopic (exact) mass is 227 g/mol. The molecule has 0 unspecified atom stereocenters. The SMILES string of the molecule is N#Cc1ccccc1Nc1cccc(F)c1N. The Morgan fingerprint density at radius 3 is 2.53 bits per heavy atom. The van der Waals surface area contributed by atoms with Gasteiger partial charge in [0.15, 0.2) is 0 Å². The van der Waals surface area contributed by atoms with Crippen LogP contribution in [0.15, 0.2) is 42.5 Å². The van der Waals surface area contributed by atoms with Crippen LogP contribution in [0.1, 0.15) is 5.56 Å². The Hall–Kier alpha value is -2.54. The Morgan fingerprint density at radius 2 is 1.76 bits per heavy atom. The minimum Gasteiger partial charge on any atom is -0.395 e. The van der Waals surface area contributed by atoms with Gasteiger partial charge in [0.05, 0.1) is 22.6 Å². The van der Waals surface area contributed by atoms with E-state index >= 15 is 0 Å². The van der Waals surface area contributed by atoms with Crippen LogP contribution in [0.4, 0.5) is 21.5 Å². The molecule has 0 aliphatic carbocycles. The first-order chi connectivity index (χ1) is 8.22. The second-order valence-electron chi connectivity index (χ2n) is 3.48. The van der Waals surface area contributed by atoms with E-state index in [4.69, 9.17) is 11.0 Å². The van der Waals surface area contributed by atoms with Gasteiger partial charge in [-0.3, -0.25) is 0 Å². The van der Waals surface area contributed by atoms with Gasteiger partial charge in [-0.05, 0) is 24.3 Å². The summed E-state index contributed by atoms with van der Waals surface area (Å²) in [6.45, 7) is 0. The second kappa shape index (κ2) is 4.54. The fourth-order valence-corrected chi connectivity index (χ4v) is 1.48. The lowest BCUT2D eigenvalue weighted by Gasteiger charge is -2.10. The molecule has 0 atom stereocenters. The molecule has 17 heavy (non-hydrogen) atoms. The largest absolute Gasteiger partial charge is 0.395 e. The smallest absolute Gasteiger partial charge is 0.148 e. The molecule has 0 aromatic heterocycles. The molecule has 0 amide bonds. The molecule has 0 heterocycles. The predicted molar refractivity (Wildman–Crippen MR) is 65.3 cm³/mol. The Kier molecular flexibility index (Phi) is 2.93. The lowest BCUT2D eigenvalue weighted by atomic mass is 10.2. The van der Waals surface area contributed by atoms with E-state index in [9.17, 15) is 4.39 Å². The topological polar surface area (TPSA) is 61.8 Å². The van der Waals surface area contributed by atoms with Crippen LogP contribution in [-0.4, -0.2) is 0 Å². The lowest BCUT2D eigenvalue weighted by Crippen LogP contribution is -1.99. The van der Waals surface area contributed by atoms with E-state index in [0.29, 0.717) is 16.9 Å². The maximum atomic E-state index is 13.2. The highest BCUT2D eigenvalue weighted by molar-refractivity contribution is 5.75. The number of benzene rings is 2. The summed E-state index contributed by atoms with van der Waals surface area (Å²) in [5.41, 5.74) is 7.18. The number of rotatable bonds is 2. The van der Waals surface area contributed by atoms with Gasteiger partial charge in [0.2, 0.25) is 0 Å². The minimum atomic E-state index is -0.482. The molecule has 0 fully saturated rings. The zero-order valence-corrected chi connectivity index (χ0v) is 8.94. The molecule has 2 rings (SSSR count). The van der Waals surface area contributed by atoms with Crippen molar-refractivity contribution in [1.82, 2.24) is 0 Å². The van der Waals surface area contributed by atoms with Crippen LogP contribution >= 0.6 is 0 Å². The molecule has 0 saturated carbocycles. The summed E-state index contributed by atoms with van der Waals surface area (Å²) < 4.78 is 13.2. The van der Waals surface area contributed by atoms with Crippen LogP contribution in [-0.2, 0) is 0 Å². The van der Waals surface area contributed by atoms with Gasteiger partial charge in [-0.25, -0.2) is 4.39 Å². The van der Waals surface area contributed by atoms with E-state index in [1.54, 1.807) is 36.4 Å². The molecule has 0 spiro atoms. The quantitative estimate of drug-likeness (QED) is 0.775. The van der Waals surface area contributed by atoms with Crippen molar-refractivity contribution in [3.63, 3.8) is 0 Å². The Bertz CT molecular complexity index is 587. The number of hydrogen-bond donors (Lipinski definition) is 2. The lowest BCUT2D eigenvalue weighted by molar-refractivity contribution is 0.633. The summed E-state index contributed by atoms with van der Waals surface area (Å²) in [6, 6.07) is 13.5. The molecule has 3 N–H and O–H groups in total. The standard InChI is InChI=1S/C13H10FN3/c14-10-5-3-7-12(13(10)16)17-11-6-2-1-4-9(11)8-15/h1-7,17H,16H2. The molecule has 4 heteroatoms. The normalized spacial score (nSPS) is 9.65. The van der Waals surface area contributed by atoms with Gasteiger partial charge in [0.1, 0.15) is 11.9 Å². The molecular formula is C13H10FN3. The average Bonchev–Trinajstić information content (AvgIpc) is 2.35. The number of nitrogen functional groups attached to an aromatic ring is 1. The Labute approximate surface area is 98.3 Å². The Balaban J connectivity index is 2.39. The summed E-state index contributed by atoms with van der Waals surface area (Å²) in [5, 5.41) is 11.9. The number of hydrogen-bond acceptors (Lipinski definition) is 3. The molecule has 3 nitrogen and oxygen atoms in total. The highest BCUT2D eigenvalue weighted by atomic mass is 19.1. The summed E-state index contributed by atoms with van der Waals surface area (Å²) in [5.74, 6) is -0.482. The van der Waals surface area contributed by atoms with Crippen LogP contribution in [0.3, 0.4) is 0 Å². The number of halogens is 1. The van der Waals surface area contributed by atoms with Crippen molar-refractivity contribution in [2.45, 2.75) is 0 Å². The van der Waals surface area contributed by atoms with Crippen molar-refractivity contribution in [3.8, 4) is 6.07 Å². The number of para-hydroxylation sites is 2. The van der Waals surface area contributed by atoms with Crippen molar-refractivity contribution in [2.24, 2.45) is 0 Å². The Morgan fingerprint density at radius 1 is 1.06 bits per heavy atom. The van der Waals surface area contributed by atoms with Gasteiger partial charge in [-0.1, -0.05) is 18.2 Å². The second-order valence-corrected chi connectivity index (χ2v) is 3.48. The molecule has 0 saturated heterocycles. The van der Waals surface area contributed by atoms with Crippen LogP contribution in [0, 0.1) is 17.1 Å². The molecule has 2 aromatic rings. The van der Waals surface area contributed by atoms with Crippen molar-refractivity contribution in [1.29, 1.82) is 5.26 Å². The average molecular weight is 227 g/mol. The molecule has 0 aliphatic rings. The van der Waals surface area contributed by atoms with Gasteiger partial charge in [-0.15, -0.1) is 0 Å². The van der Waals surface area contributed by atoms with Gasteiger partial charge in [0.25, 0.3) is 0 Å². The van der Waals surface area contributed by atoms with E-state index < -0.39 is 5.82 Å². The van der Waals surface area contributed by atoms with Crippen LogP contribution in [0.5, 0.6) is 0 Å². The van der Waals surface area contributed by atoms with Gasteiger partial charge in [-0.2, -0.15) is 5.26 Å². The van der Waals surface area contributed by atoms with E-state index in [1.807, 2.05) is 0 Å². The van der Waals surface area contributed by atoms with Gasteiger partial charge < -0.3 is 11.1 Å². The van der Waals surface area contributed by atoms with Crippen LogP contribution < -0.4 is 11.1 Å². The fraction of sp³-hybridized carbons (Fsp3) is 0. The van der Waals surface area contributed by atoms with Crippen molar-refractivity contribution < 1.29 is 4.39 Å². The molecular weight excluding hydrogens is 217 g/mol. The van der Waals surface area contributed by atoms with Crippen LogP contribution in [0.2, 0.25) is 0 Å². The zero-order chi connectivity index (χ0) is 12.3. The highest BCUT2D eigenvalue weighted by Gasteiger charge is 2.06. The molecule has 0 bridgehead atoms. The summed E-state index contributed by atoms with van der Waals surface area (Å²) in [7, 11) is 0. The fourth-order valence-electron chi connectivity index (χ4n) is 1.48. The van der Waals surface area contributed by atoms with E-state index in [2.05, 4.69) is 11.4 Å². The maximum absolute atomic E-state index is 13.2. The molecule has 0 aliphatic heterocycles. The zero-order valence-electron chi connectivity index (χ0n) is 8.94. The molecule has 2 aromatic carbocycles. The van der Waals surface area contributed by atoms with E-state index in [0.717, 1.165) is 0 Å². The minimum absolute atomic E-state index is 0.0419. The van der Waals surface area contributed by atoms with E-state index in [-0.39, 0.29) is 5.69 Å². The first-order valence-electron chi connectivity index (χ1n) is 5.02. The van der Waals surface area contributed by atoms with Crippen LogP contribution in [0.25, 0.3) is 0 Å². The van der Waals surface area contributed by atoms with Gasteiger partial charge >= 0.3 is 0 Å². The number of nitriles is 1. The van der Waals surface area contributed by atoms with Crippen molar-refractivity contribution >= 4 is 17.1 Å². The number of nitrogens with zero attached hydrogens (tertiary/aromatic N) is 1. The first kappa shape index (κ1) is 11.0. The first-order valence-corrected chi connectivity index (χ1v) is 5.02. The van der Waals surface area contributed by atoms with Crippen molar-refractivity contribution in [3.05, 3.63) is 53.8 Å². The third kappa shape index (κ3) is 2.18. The predicted octanol–water partition coefficient (Wildman–Crippen LogP) is 3.02. The maximum Gasteiger partial charge on any atom is 0.148 e. The summed E-state index contributed by atoms with van der Waals surface area (Å²) in [4.78, 5) is 0. The number of nitrogens with two attached hydrogens (primary N) is 1.